The summed E-state index contributed by atoms with van der Waals surface area (Å²) in [5.41, 5.74) is 7.06. The lowest BCUT2D eigenvalue weighted by molar-refractivity contribution is -0.140. The van der Waals surface area contributed by atoms with Gasteiger partial charge in [0.1, 0.15) is 5.82 Å². The molecule has 0 amide bonds. The molecule has 0 spiro atoms. The molecule has 19 heavy (non-hydrogen) atoms. The third-order valence-electron chi connectivity index (χ3n) is 2.87. The minimum Gasteiger partial charge on any atom is -0.463 e. The van der Waals surface area contributed by atoms with Crippen LogP contribution in [0.1, 0.15) is 27.7 Å². The van der Waals surface area contributed by atoms with E-state index in [0.717, 1.165) is 0 Å². The Morgan fingerprint density at radius 3 is 2.11 bits per heavy atom. The van der Waals surface area contributed by atoms with E-state index in [1.165, 1.54) is 0 Å². The number of hydrogen-bond donors (Lipinski definition) is 2. The molecule has 1 unspecified atom stereocenters. The summed E-state index contributed by atoms with van der Waals surface area (Å²) in [7, 11) is 0. The van der Waals surface area contributed by atoms with Crippen molar-refractivity contribution in [1.82, 2.24) is 5.32 Å². The number of carbonyl (C=O) groups is 2. The number of carbonyl (C=O) groups excluding carboxylic acids is 2. The molecule has 0 aromatic heterocycles. The van der Waals surface area contributed by atoms with Crippen molar-refractivity contribution in [3.05, 3.63) is 22.7 Å². The van der Waals surface area contributed by atoms with Crippen LogP contribution in [0.25, 0.3) is 0 Å². The van der Waals surface area contributed by atoms with Gasteiger partial charge in [0.15, 0.2) is 0 Å². The lowest BCUT2D eigenvalue weighted by atomic mass is 9.88. The fraction of sp³-hybridized carbons (Fsp3) is 0.538. The van der Waals surface area contributed by atoms with Gasteiger partial charge in [0.2, 0.25) is 0 Å². The van der Waals surface area contributed by atoms with E-state index in [-0.39, 0.29) is 24.6 Å². The van der Waals surface area contributed by atoms with Gasteiger partial charge in [-0.2, -0.15) is 0 Å². The van der Waals surface area contributed by atoms with E-state index in [9.17, 15) is 9.59 Å². The fourth-order valence-electron chi connectivity index (χ4n) is 2.07. The molecular formula is C13H20N2O4. The van der Waals surface area contributed by atoms with Gasteiger partial charge in [-0.1, -0.05) is 6.92 Å². The summed E-state index contributed by atoms with van der Waals surface area (Å²) in [6.45, 7) is 7.41. The molecular weight excluding hydrogens is 248 g/mol. The second-order valence-electron chi connectivity index (χ2n) is 4.15. The number of esters is 2. The number of nitrogens with one attached hydrogen (secondary N) is 1. The van der Waals surface area contributed by atoms with Crippen molar-refractivity contribution in [2.75, 3.05) is 13.2 Å². The predicted octanol–water partition coefficient (Wildman–Crippen LogP) is 0.796. The highest BCUT2D eigenvalue weighted by Crippen LogP contribution is 2.29. The molecule has 0 aromatic carbocycles. The normalized spacial score (nSPS) is 19.1. The van der Waals surface area contributed by atoms with Crippen molar-refractivity contribution in [1.29, 1.82) is 0 Å². The van der Waals surface area contributed by atoms with E-state index in [0.29, 0.717) is 11.3 Å². The highest BCUT2D eigenvalue weighted by atomic mass is 16.5. The second-order valence-corrected chi connectivity index (χ2v) is 4.15. The average molecular weight is 268 g/mol. The summed E-state index contributed by atoms with van der Waals surface area (Å²) in [4.78, 5) is 23.8. The molecule has 0 radical (unpaired) electrons. The number of hydrogen-bond acceptors (Lipinski definition) is 6. The van der Waals surface area contributed by atoms with Crippen molar-refractivity contribution in [3.8, 4) is 0 Å². The SMILES string of the molecule is CCOC(=O)C1=C(C)NC(N)=C(C(=O)OCC)C1C. The number of allylic oxidation sites excluding steroid dienone is 1. The maximum atomic E-state index is 11.9. The van der Waals surface area contributed by atoms with Crippen molar-refractivity contribution < 1.29 is 19.1 Å². The maximum Gasteiger partial charge on any atom is 0.338 e. The molecule has 0 aliphatic carbocycles. The number of rotatable bonds is 4. The minimum atomic E-state index is -0.519. The summed E-state index contributed by atoms with van der Waals surface area (Å²) in [6.07, 6.45) is 0. The van der Waals surface area contributed by atoms with Crippen LogP contribution in [0.15, 0.2) is 22.7 Å². The van der Waals surface area contributed by atoms with Crippen molar-refractivity contribution >= 4 is 11.9 Å². The molecule has 106 valence electrons. The lowest BCUT2D eigenvalue weighted by Gasteiger charge is -2.27. The Hall–Kier alpha value is -1.98. The molecule has 1 rings (SSSR count). The minimum absolute atomic E-state index is 0.219. The Bertz CT molecular complexity index is 412. The van der Waals surface area contributed by atoms with Crippen LogP contribution in [0.5, 0.6) is 0 Å². The average Bonchev–Trinajstić information content (AvgIpc) is 2.28. The molecule has 6 heteroatoms. The fourth-order valence-corrected chi connectivity index (χ4v) is 2.07. The Labute approximate surface area is 112 Å². The van der Waals surface area contributed by atoms with Gasteiger partial charge in [-0.25, -0.2) is 9.59 Å². The lowest BCUT2D eigenvalue weighted by Crippen LogP contribution is -2.36. The molecule has 1 aliphatic heterocycles. The summed E-state index contributed by atoms with van der Waals surface area (Å²) in [5, 5.41) is 2.82. The predicted molar refractivity (Wildman–Crippen MR) is 69.5 cm³/mol. The molecule has 0 aromatic rings. The summed E-state index contributed by atoms with van der Waals surface area (Å²) >= 11 is 0. The van der Waals surface area contributed by atoms with E-state index in [1.807, 2.05) is 0 Å². The van der Waals surface area contributed by atoms with E-state index in [4.69, 9.17) is 15.2 Å². The van der Waals surface area contributed by atoms with Crippen LogP contribution in [0.2, 0.25) is 0 Å². The zero-order valence-electron chi connectivity index (χ0n) is 11.7. The van der Waals surface area contributed by atoms with Gasteiger partial charge >= 0.3 is 11.9 Å². The zero-order chi connectivity index (χ0) is 14.6. The first-order valence-electron chi connectivity index (χ1n) is 6.25. The molecule has 3 N–H and O–H groups in total. The molecule has 1 heterocycles. The highest BCUT2D eigenvalue weighted by Gasteiger charge is 2.34. The zero-order valence-corrected chi connectivity index (χ0v) is 11.7. The molecule has 0 saturated heterocycles. The molecule has 0 saturated carbocycles. The first-order valence-corrected chi connectivity index (χ1v) is 6.25. The van der Waals surface area contributed by atoms with Crippen LogP contribution in [0.3, 0.4) is 0 Å². The van der Waals surface area contributed by atoms with Gasteiger partial charge in [-0.3, -0.25) is 0 Å². The van der Waals surface area contributed by atoms with Crippen LogP contribution in [0, 0.1) is 5.92 Å². The molecule has 1 atom stereocenters. The highest BCUT2D eigenvalue weighted by molar-refractivity contribution is 5.97. The third-order valence-corrected chi connectivity index (χ3v) is 2.87. The van der Waals surface area contributed by atoms with Gasteiger partial charge in [-0.05, 0) is 20.8 Å². The van der Waals surface area contributed by atoms with E-state index in [2.05, 4.69) is 5.32 Å². The second kappa shape index (κ2) is 6.26. The first kappa shape index (κ1) is 15.1. The van der Waals surface area contributed by atoms with Gasteiger partial charge in [0, 0.05) is 11.6 Å². The number of dihydropyridines is 1. The Morgan fingerprint density at radius 1 is 1.16 bits per heavy atom. The number of ether oxygens (including phenoxy) is 2. The van der Waals surface area contributed by atoms with E-state index >= 15 is 0 Å². The molecule has 6 nitrogen and oxygen atoms in total. The third kappa shape index (κ3) is 3.07. The first-order chi connectivity index (χ1) is 8.93. The molecule has 1 aliphatic rings. The van der Waals surface area contributed by atoms with E-state index in [1.54, 1.807) is 27.7 Å². The quantitative estimate of drug-likeness (QED) is 0.733. The smallest absolute Gasteiger partial charge is 0.338 e. The van der Waals surface area contributed by atoms with Crippen molar-refractivity contribution in [2.45, 2.75) is 27.7 Å². The Balaban J connectivity index is 3.08. The number of nitrogens with two attached hydrogens (primary N) is 1. The standard InChI is InChI=1S/C13H20N2O4/c1-5-18-12(16)9-7(3)10(13(17)19-6-2)11(14)15-8(9)4/h7,15H,5-6,14H2,1-4H3. The topological polar surface area (TPSA) is 90.6 Å². The maximum absolute atomic E-state index is 11.9. The van der Waals surface area contributed by atoms with E-state index < -0.39 is 17.9 Å². The van der Waals surface area contributed by atoms with Crippen LogP contribution in [0.4, 0.5) is 0 Å². The van der Waals surface area contributed by atoms with Gasteiger partial charge in [0.05, 0.1) is 24.4 Å². The largest absolute Gasteiger partial charge is 0.463 e. The van der Waals surface area contributed by atoms with Crippen LogP contribution in [-0.4, -0.2) is 25.2 Å². The summed E-state index contributed by atoms with van der Waals surface area (Å²) < 4.78 is 9.95. The molecule has 0 bridgehead atoms. The van der Waals surface area contributed by atoms with Crippen LogP contribution in [-0.2, 0) is 19.1 Å². The monoisotopic (exact) mass is 268 g/mol. The van der Waals surface area contributed by atoms with Crippen molar-refractivity contribution in [3.63, 3.8) is 0 Å². The van der Waals surface area contributed by atoms with Gasteiger partial charge in [-0.15, -0.1) is 0 Å². The van der Waals surface area contributed by atoms with Gasteiger partial charge < -0.3 is 20.5 Å². The van der Waals surface area contributed by atoms with Crippen molar-refractivity contribution in [2.24, 2.45) is 11.7 Å². The van der Waals surface area contributed by atoms with Crippen LogP contribution >= 0.6 is 0 Å². The summed E-state index contributed by atoms with van der Waals surface area (Å²) in [6, 6.07) is 0. The van der Waals surface area contributed by atoms with Crippen LogP contribution < -0.4 is 11.1 Å². The Kier molecular flexibility index (Phi) is 4.97. The molecule has 0 fully saturated rings. The Morgan fingerprint density at radius 2 is 1.63 bits per heavy atom. The van der Waals surface area contributed by atoms with Gasteiger partial charge in [0.25, 0.3) is 0 Å². The summed E-state index contributed by atoms with van der Waals surface area (Å²) in [5.74, 6) is -1.21.